The molecule has 2 aliphatic heterocycles. The van der Waals surface area contributed by atoms with Crippen LogP contribution in [0.1, 0.15) is 37.3 Å². The molecule has 2 N–H and O–H groups in total. The van der Waals surface area contributed by atoms with Gasteiger partial charge in [-0.1, -0.05) is 19.1 Å². The van der Waals surface area contributed by atoms with E-state index in [0.29, 0.717) is 32.0 Å². The summed E-state index contributed by atoms with van der Waals surface area (Å²) in [4.78, 5) is 14.9. The van der Waals surface area contributed by atoms with Crippen LogP contribution in [0.4, 0.5) is 10.5 Å². The minimum atomic E-state index is -3.20. The van der Waals surface area contributed by atoms with Crippen molar-refractivity contribution in [1.82, 2.24) is 14.5 Å². The Morgan fingerprint density at radius 3 is 2.64 bits per heavy atom. The third-order valence-corrected chi connectivity index (χ3v) is 7.00. The normalized spacial score (nSPS) is 19.2. The molecular weight excluding hydrogens is 376 g/mol. The van der Waals surface area contributed by atoms with Gasteiger partial charge < -0.3 is 15.5 Å². The highest BCUT2D eigenvalue weighted by atomic mass is 32.2. The number of nitrogens with one attached hydrogen (secondary N) is 2. The van der Waals surface area contributed by atoms with E-state index in [2.05, 4.69) is 22.5 Å². The molecule has 0 unspecified atom stereocenters. The first kappa shape index (κ1) is 21.1. The molecule has 0 saturated carbocycles. The molecule has 0 radical (unpaired) electrons. The van der Waals surface area contributed by atoms with Crippen LogP contribution in [0, 0.1) is 5.92 Å². The molecule has 28 heavy (non-hydrogen) atoms. The maximum Gasteiger partial charge on any atom is 0.319 e. The Morgan fingerprint density at radius 2 is 1.96 bits per heavy atom. The van der Waals surface area contributed by atoms with Crippen LogP contribution in [0.5, 0.6) is 0 Å². The molecule has 0 atom stereocenters. The Kier molecular flexibility index (Phi) is 6.95. The fraction of sp³-hybridized carbons (Fsp3) is 0.650. The molecule has 3 rings (SSSR count). The number of benzene rings is 1. The molecule has 1 aromatic carbocycles. The average molecular weight is 409 g/mol. The van der Waals surface area contributed by atoms with Gasteiger partial charge >= 0.3 is 6.03 Å². The van der Waals surface area contributed by atoms with Gasteiger partial charge in [-0.05, 0) is 68.4 Å². The van der Waals surface area contributed by atoms with E-state index in [0.717, 1.165) is 49.3 Å². The molecule has 0 spiro atoms. The van der Waals surface area contributed by atoms with E-state index in [-0.39, 0.29) is 6.03 Å². The molecule has 0 aliphatic carbocycles. The first-order valence-electron chi connectivity index (χ1n) is 10.2. The van der Waals surface area contributed by atoms with Gasteiger partial charge in [0.25, 0.3) is 0 Å². The second kappa shape index (κ2) is 9.24. The quantitative estimate of drug-likeness (QED) is 0.756. The topological polar surface area (TPSA) is 81.8 Å². The van der Waals surface area contributed by atoms with E-state index in [4.69, 9.17) is 0 Å². The van der Waals surface area contributed by atoms with Crippen molar-refractivity contribution in [3.8, 4) is 0 Å². The second-order valence-electron chi connectivity index (χ2n) is 7.91. The number of hydrogen-bond donors (Lipinski definition) is 2. The molecular formula is C20H32N4O3S. The third kappa shape index (κ3) is 5.46. The number of fused-ring (bicyclic) bond motifs is 1. The van der Waals surface area contributed by atoms with Crippen LogP contribution in [0.25, 0.3) is 0 Å². The lowest BCUT2D eigenvalue weighted by atomic mass is 9.97. The highest BCUT2D eigenvalue weighted by Crippen LogP contribution is 2.27. The average Bonchev–Trinajstić information content (AvgIpc) is 2.67. The van der Waals surface area contributed by atoms with Gasteiger partial charge in [-0.25, -0.2) is 13.2 Å². The molecule has 156 valence electrons. The number of anilines is 1. The molecule has 0 bridgehead atoms. The van der Waals surface area contributed by atoms with Gasteiger partial charge in [0.1, 0.15) is 0 Å². The number of urea groups is 1. The minimum Gasteiger partial charge on any atom is -0.338 e. The maximum absolute atomic E-state index is 12.4. The van der Waals surface area contributed by atoms with Crippen LogP contribution < -0.4 is 10.6 Å². The minimum absolute atomic E-state index is 0.185. The molecule has 1 aromatic rings. The lowest BCUT2D eigenvalue weighted by molar-refractivity contribution is 0.182. The number of piperidine rings is 1. The zero-order valence-electron chi connectivity index (χ0n) is 16.9. The van der Waals surface area contributed by atoms with Crippen molar-refractivity contribution in [2.75, 3.05) is 44.3 Å². The van der Waals surface area contributed by atoms with Crippen LogP contribution >= 0.6 is 0 Å². The molecule has 2 aliphatic rings. The molecule has 8 heteroatoms. The van der Waals surface area contributed by atoms with Crippen molar-refractivity contribution in [3.05, 3.63) is 29.3 Å². The number of nitrogens with zero attached hydrogens (tertiary/aromatic N) is 2. The Labute approximate surface area is 168 Å². The monoisotopic (exact) mass is 408 g/mol. The Hall–Kier alpha value is -1.64. The van der Waals surface area contributed by atoms with Crippen LogP contribution in [-0.4, -0.2) is 62.6 Å². The van der Waals surface area contributed by atoms with Gasteiger partial charge in [-0.15, -0.1) is 0 Å². The van der Waals surface area contributed by atoms with E-state index >= 15 is 0 Å². The van der Waals surface area contributed by atoms with Gasteiger partial charge in [0.15, 0.2) is 0 Å². The molecule has 1 saturated heterocycles. The van der Waals surface area contributed by atoms with Crippen molar-refractivity contribution in [2.24, 2.45) is 5.92 Å². The predicted molar refractivity (Wildman–Crippen MR) is 112 cm³/mol. The summed E-state index contributed by atoms with van der Waals surface area (Å²) in [6, 6.07) is 5.50. The standard InChI is InChI=1S/C20H32N4O3S/c1-3-10-23-11-7-16(8-12-23)14-21-20(25)22-19-6-4-5-17-15-24(28(2,26)27)13-9-18(17)19/h4-6,16H,3,7-15H2,1-2H3,(H2,21,22,25). The Morgan fingerprint density at radius 1 is 1.21 bits per heavy atom. The lowest BCUT2D eigenvalue weighted by Crippen LogP contribution is -2.40. The van der Waals surface area contributed by atoms with Crippen molar-refractivity contribution < 1.29 is 13.2 Å². The summed E-state index contributed by atoms with van der Waals surface area (Å²) in [6.45, 7) is 7.11. The smallest absolute Gasteiger partial charge is 0.319 e. The summed E-state index contributed by atoms with van der Waals surface area (Å²) < 4.78 is 25.1. The van der Waals surface area contributed by atoms with Crippen LogP contribution in [0.2, 0.25) is 0 Å². The van der Waals surface area contributed by atoms with Gasteiger partial charge in [0.2, 0.25) is 10.0 Å². The lowest BCUT2D eigenvalue weighted by Gasteiger charge is -2.31. The highest BCUT2D eigenvalue weighted by Gasteiger charge is 2.25. The molecule has 2 amide bonds. The number of carbonyl (C=O) groups is 1. The first-order valence-corrected chi connectivity index (χ1v) is 12.0. The van der Waals surface area contributed by atoms with E-state index < -0.39 is 10.0 Å². The number of rotatable bonds is 6. The molecule has 2 heterocycles. The van der Waals surface area contributed by atoms with Gasteiger partial charge in [-0.2, -0.15) is 4.31 Å². The number of amides is 2. The third-order valence-electron chi connectivity index (χ3n) is 5.75. The molecule has 7 nitrogen and oxygen atoms in total. The van der Waals surface area contributed by atoms with E-state index in [9.17, 15) is 13.2 Å². The van der Waals surface area contributed by atoms with Crippen molar-refractivity contribution >= 4 is 21.7 Å². The summed E-state index contributed by atoms with van der Waals surface area (Å²) in [5.41, 5.74) is 2.77. The van der Waals surface area contributed by atoms with Crippen molar-refractivity contribution in [2.45, 2.75) is 39.2 Å². The largest absolute Gasteiger partial charge is 0.338 e. The zero-order valence-corrected chi connectivity index (χ0v) is 17.7. The van der Waals surface area contributed by atoms with Gasteiger partial charge in [0.05, 0.1) is 6.26 Å². The number of sulfonamides is 1. The van der Waals surface area contributed by atoms with Crippen LogP contribution in [-0.2, 0) is 23.0 Å². The number of likely N-dealkylation sites (tertiary alicyclic amines) is 1. The van der Waals surface area contributed by atoms with E-state index in [1.54, 1.807) is 0 Å². The van der Waals surface area contributed by atoms with E-state index in [1.165, 1.54) is 17.0 Å². The highest BCUT2D eigenvalue weighted by molar-refractivity contribution is 7.88. The number of carbonyl (C=O) groups excluding carboxylic acids is 1. The maximum atomic E-state index is 12.4. The van der Waals surface area contributed by atoms with Crippen molar-refractivity contribution in [3.63, 3.8) is 0 Å². The molecule has 1 fully saturated rings. The zero-order chi connectivity index (χ0) is 20.1. The summed E-state index contributed by atoms with van der Waals surface area (Å²) >= 11 is 0. The van der Waals surface area contributed by atoms with Crippen LogP contribution in [0.3, 0.4) is 0 Å². The SMILES string of the molecule is CCCN1CCC(CNC(=O)Nc2cccc3c2CCN(S(C)(=O)=O)C3)CC1. The Bertz CT molecular complexity index is 789. The molecule has 0 aromatic heterocycles. The summed E-state index contributed by atoms with van der Waals surface area (Å²) in [5, 5.41) is 5.98. The number of hydrogen-bond acceptors (Lipinski definition) is 4. The van der Waals surface area contributed by atoms with Gasteiger partial charge in [0, 0.05) is 25.3 Å². The summed E-state index contributed by atoms with van der Waals surface area (Å²) in [5.74, 6) is 0.534. The first-order chi connectivity index (χ1) is 13.4. The second-order valence-corrected chi connectivity index (χ2v) is 9.89. The summed E-state index contributed by atoms with van der Waals surface area (Å²) in [6.07, 6.45) is 5.29. The summed E-state index contributed by atoms with van der Waals surface area (Å²) in [7, 11) is -3.20. The fourth-order valence-corrected chi connectivity index (χ4v) is 4.91. The van der Waals surface area contributed by atoms with Crippen molar-refractivity contribution in [1.29, 1.82) is 0 Å². The fourth-order valence-electron chi connectivity index (χ4n) is 4.12. The van der Waals surface area contributed by atoms with E-state index in [1.807, 2.05) is 18.2 Å². The van der Waals surface area contributed by atoms with Crippen LogP contribution in [0.15, 0.2) is 18.2 Å². The predicted octanol–water partition coefficient (Wildman–Crippen LogP) is 2.25. The Balaban J connectivity index is 1.52. The van der Waals surface area contributed by atoms with Gasteiger partial charge in [-0.3, -0.25) is 0 Å².